The van der Waals surface area contributed by atoms with Crippen LogP contribution in [0.2, 0.25) is 0 Å². The monoisotopic (exact) mass is 406 g/mol. The van der Waals surface area contributed by atoms with E-state index >= 15 is 0 Å². The molecular weight excluding hydrogens is 388 g/mol. The summed E-state index contributed by atoms with van der Waals surface area (Å²) in [4.78, 5) is 13.0. The second-order valence-corrected chi connectivity index (χ2v) is 7.25. The van der Waals surface area contributed by atoms with Crippen molar-refractivity contribution in [2.24, 2.45) is 0 Å². The summed E-state index contributed by atoms with van der Waals surface area (Å²) < 4.78 is 5.48. The molecule has 0 atom stereocenters. The molecule has 5 rings (SSSR count). The van der Waals surface area contributed by atoms with Crippen LogP contribution in [-0.4, -0.2) is 16.2 Å². The molecule has 0 heterocycles. The first-order chi connectivity index (χ1) is 15.1. The normalized spacial score (nSPS) is 11.0. The van der Waals surface area contributed by atoms with E-state index in [0.717, 1.165) is 21.5 Å². The first-order valence-electron chi connectivity index (χ1n) is 9.86. The van der Waals surface area contributed by atoms with Gasteiger partial charge in [-0.2, -0.15) is 0 Å². The van der Waals surface area contributed by atoms with Crippen LogP contribution < -0.4 is 4.74 Å². The fourth-order valence-corrected chi connectivity index (χ4v) is 3.92. The van der Waals surface area contributed by atoms with Gasteiger partial charge < -0.3 is 14.9 Å². The van der Waals surface area contributed by atoms with Crippen molar-refractivity contribution in [1.29, 1.82) is 0 Å². The molecule has 5 aromatic carbocycles. The highest BCUT2D eigenvalue weighted by Gasteiger charge is 2.23. The molecule has 0 aliphatic carbocycles. The summed E-state index contributed by atoms with van der Waals surface area (Å²) in [6, 6.07) is 28.8. The molecule has 2 N–H and O–H groups in total. The molecule has 0 aliphatic rings. The van der Waals surface area contributed by atoms with E-state index in [1.54, 1.807) is 36.4 Å². The number of phenolic OH excluding ortho intramolecular Hbond substituents is 2. The topological polar surface area (TPSA) is 66.8 Å². The molecule has 0 fully saturated rings. The summed E-state index contributed by atoms with van der Waals surface area (Å²) in [7, 11) is 0. The highest BCUT2D eigenvalue weighted by Crippen LogP contribution is 2.46. The Hall–Kier alpha value is -4.31. The second kappa shape index (κ2) is 7.50. The minimum Gasteiger partial charge on any atom is -0.507 e. The maximum absolute atomic E-state index is 13.0. The van der Waals surface area contributed by atoms with E-state index in [2.05, 4.69) is 0 Å². The maximum Gasteiger partial charge on any atom is 0.347 e. The van der Waals surface area contributed by atoms with Gasteiger partial charge in [-0.25, -0.2) is 4.79 Å². The number of rotatable bonds is 3. The Morgan fingerprint density at radius 2 is 1.26 bits per heavy atom. The molecule has 5 aromatic rings. The Balaban J connectivity index is 1.79. The molecule has 0 bridgehead atoms. The van der Waals surface area contributed by atoms with Gasteiger partial charge in [0.1, 0.15) is 22.8 Å². The third-order valence-electron chi connectivity index (χ3n) is 5.35. The molecule has 0 amide bonds. The van der Waals surface area contributed by atoms with Crippen molar-refractivity contribution in [3.63, 3.8) is 0 Å². The van der Waals surface area contributed by atoms with E-state index in [-0.39, 0.29) is 17.1 Å². The first-order valence-corrected chi connectivity index (χ1v) is 9.86. The molecule has 0 spiro atoms. The number of ether oxygens (including phenoxy) is 1. The summed E-state index contributed by atoms with van der Waals surface area (Å²) in [6.07, 6.45) is 0. The van der Waals surface area contributed by atoms with Gasteiger partial charge in [-0.15, -0.1) is 0 Å². The zero-order valence-electron chi connectivity index (χ0n) is 16.4. The van der Waals surface area contributed by atoms with Crippen LogP contribution in [0, 0.1) is 0 Å². The number of phenols is 2. The number of fused-ring (bicyclic) bond motifs is 2. The molecule has 0 unspecified atom stereocenters. The van der Waals surface area contributed by atoms with E-state index < -0.39 is 5.97 Å². The van der Waals surface area contributed by atoms with E-state index in [0.29, 0.717) is 16.9 Å². The number of esters is 1. The van der Waals surface area contributed by atoms with Crippen LogP contribution in [0.4, 0.5) is 0 Å². The average Bonchev–Trinajstić information content (AvgIpc) is 2.80. The van der Waals surface area contributed by atoms with Gasteiger partial charge in [0.05, 0.1) is 0 Å². The van der Waals surface area contributed by atoms with E-state index in [4.69, 9.17) is 4.74 Å². The molecule has 0 saturated heterocycles. The summed E-state index contributed by atoms with van der Waals surface area (Å²) in [6.45, 7) is 0. The zero-order chi connectivity index (χ0) is 21.4. The van der Waals surface area contributed by atoms with E-state index in [9.17, 15) is 15.0 Å². The number of aromatic hydroxyl groups is 2. The van der Waals surface area contributed by atoms with E-state index in [1.165, 1.54) is 0 Å². The number of para-hydroxylation sites is 1. The Kier molecular flexibility index (Phi) is 4.53. The fourth-order valence-electron chi connectivity index (χ4n) is 3.92. The molecule has 31 heavy (non-hydrogen) atoms. The summed E-state index contributed by atoms with van der Waals surface area (Å²) in [5, 5.41) is 25.2. The van der Waals surface area contributed by atoms with Crippen molar-refractivity contribution in [2.75, 3.05) is 0 Å². The van der Waals surface area contributed by atoms with Crippen molar-refractivity contribution < 1.29 is 19.7 Å². The predicted molar refractivity (Wildman–Crippen MR) is 122 cm³/mol. The van der Waals surface area contributed by atoms with Gasteiger partial charge in [-0.3, -0.25) is 0 Å². The molecular formula is C27H18O4. The van der Waals surface area contributed by atoms with Crippen molar-refractivity contribution in [3.8, 4) is 28.4 Å². The zero-order valence-corrected chi connectivity index (χ0v) is 16.4. The van der Waals surface area contributed by atoms with Gasteiger partial charge in [0.2, 0.25) is 0 Å². The Morgan fingerprint density at radius 1 is 0.645 bits per heavy atom. The lowest BCUT2D eigenvalue weighted by Crippen LogP contribution is -2.09. The molecule has 0 aromatic heterocycles. The molecule has 0 aliphatic heterocycles. The highest BCUT2D eigenvalue weighted by atomic mass is 16.5. The predicted octanol–water partition coefficient (Wildman–Crippen LogP) is 6.29. The molecule has 0 saturated carbocycles. The van der Waals surface area contributed by atoms with Crippen molar-refractivity contribution >= 4 is 27.5 Å². The SMILES string of the molecule is O=C(Oc1ccccc1)c1cc2ccccc2c(-c2c(O)ccc3ccccc23)c1O. The van der Waals surface area contributed by atoms with E-state index in [1.807, 2.05) is 60.7 Å². The number of hydrogen-bond acceptors (Lipinski definition) is 4. The molecule has 4 nitrogen and oxygen atoms in total. The molecule has 150 valence electrons. The average molecular weight is 406 g/mol. The van der Waals surface area contributed by atoms with Crippen molar-refractivity contribution in [1.82, 2.24) is 0 Å². The third-order valence-corrected chi connectivity index (χ3v) is 5.35. The highest BCUT2D eigenvalue weighted by molar-refractivity contribution is 6.13. The van der Waals surface area contributed by atoms with Gasteiger partial charge in [-0.05, 0) is 45.8 Å². The van der Waals surface area contributed by atoms with Crippen LogP contribution in [0.15, 0.2) is 97.1 Å². The van der Waals surface area contributed by atoms with Crippen LogP contribution in [0.1, 0.15) is 10.4 Å². The van der Waals surface area contributed by atoms with Crippen LogP contribution in [0.5, 0.6) is 17.2 Å². The largest absolute Gasteiger partial charge is 0.507 e. The standard InChI is InChI=1S/C27H18O4/c28-23-15-14-17-8-4-6-12-20(17)24(23)25-21-13-7-5-9-18(21)16-22(26(25)29)27(30)31-19-10-2-1-3-11-19/h1-16,28-29H. The number of carbonyl (C=O) groups excluding carboxylic acids is 1. The van der Waals surface area contributed by atoms with Crippen molar-refractivity contribution in [2.45, 2.75) is 0 Å². The van der Waals surface area contributed by atoms with Gasteiger partial charge in [-0.1, -0.05) is 72.8 Å². The van der Waals surface area contributed by atoms with Gasteiger partial charge in [0, 0.05) is 11.1 Å². The maximum atomic E-state index is 13.0. The lowest BCUT2D eigenvalue weighted by Gasteiger charge is -2.16. The smallest absolute Gasteiger partial charge is 0.347 e. The summed E-state index contributed by atoms with van der Waals surface area (Å²) in [5.74, 6) is -0.496. The molecule has 4 heteroatoms. The number of benzene rings is 5. The minimum atomic E-state index is -0.671. The second-order valence-electron chi connectivity index (χ2n) is 7.25. The lowest BCUT2D eigenvalue weighted by molar-refractivity contribution is 0.0732. The summed E-state index contributed by atoms with van der Waals surface area (Å²) >= 11 is 0. The number of carbonyl (C=O) groups is 1. The van der Waals surface area contributed by atoms with Crippen LogP contribution >= 0.6 is 0 Å². The van der Waals surface area contributed by atoms with Gasteiger partial charge in [0.25, 0.3) is 0 Å². The quantitative estimate of drug-likeness (QED) is 0.273. The van der Waals surface area contributed by atoms with Gasteiger partial charge >= 0.3 is 5.97 Å². The first kappa shape index (κ1) is 18.7. The Bertz CT molecular complexity index is 1440. The van der Waals surface area contributed by atoms with Crippen LogP contribution in [0.3, 0.4) is 0 Å². The Labute approximate surface area is 178 Å². The Morgan fingerprint density at radius 3 is 2.00 bits per heavy atom. The van der Waals surface area contributed by atoms with Crippen LogP contribution in [0.25, 0.3) is 32.7 Å². The fraction of sp³-hybridized carbons (Fsp3) is 0. The summed E-state index contributed by atoms with van der Waals surface area (Å²) in [5.41, 5.74) is 0.901. The van der Waals surface area contributed by atoms with Crippen LogP contribution in [-0.2, 0) is 0 Å². The van der Waals surface area contributed by atoms with Crippen molar-refractivity contribution in [3.05, 3.63) is 103 Å². The molecule has 0 radical (unpaired) electrons. The number of hydrogen-bond donors (Lipinski definition) is 2. The third kappa shape index (κ3) is 3.24. The minimum absolute atomic E-state index is 0.0210. The van der Waals surface area contributed by atoms with Gasteiger partial charge in [0.15, 0.2) is 0 Å². The lowest BCUT2D eigenvalue weighted by atomic mass is 9.90.